The van der Waals surface area contributed by atoms with Crippen LogP contribution in [0.1, 0.15) is 24.8 Å². The summed E-state index contributed by atoms with van der Waals surface area (Å²) in [6, 6.07) is 5.85. The second kappa shape index (κ2) is 4.56. The number of carboxylic acid groups (broad SMARTS) is 1. The monoisotopic (exact) mass is 290 g/mol. The van der Waals surface area contributed by atoms with Crippen LogP contribution in [-0.4, -0.2) is 22.0 Å². The number of nitrogens with one attached hydrogen (secondary N) is 1. The van der Waals surface area contributed by atoms with Crippen LogP contribution in [0.25, 0.3) is 10.2 Å². The Balaban J connectivity index is 1.86. The summed E-state index contributed by atoms with van der Waals surface area (Å²) in [5, 5.41) is 12.4. The van der Waals surface area contributed by atoms with E-state index < -0.39 is 17.3 Å². The van der Waals surface area contributed by atoms with Crippen molar-refractivity contribution in [3.8, 4) is 0 Å². The molecule has 0 atom stereocenters. The Kier molecular flexibility index (Phi) is 2.97. The van der Waals surface area contributed by atoms with Gasteiger partial charge in [-0.2, -0.15) is 0 Å². The third-order valence-corrected chi connectivity index (χ3v) is 4.75. The van der Waals surface area contributed by atoms with Crippen LogP contribution in [0.3, 0.4) is 0 Å². The van der Waals surface area contributed by atoms with Crippen molar-refractivity contribution >= 4 is 38.6 Å². The average molecular weight is 290 g/mol. The molecule has 5 nitrogen and oxygen atoms in total. The topological polar surface area (TPSA) is 79.3 Å². The molecule has 0 spiro atoms. The van der Waals surface area contributed by atoms with Crippen LogP contribution in [0.2, 0.25) is 0 Å². The second-order valence-electron chi connectivity index (χ2n) is 5.19. The number of fused-ring (bicyclic) bond motifs is 1. The summed E-state index contributed by atoms with van der Waals surface area (Å²) >= 11 is 1.37. The van der Waals surface area contributed by atoms with Crippen molar-refractivity contribution < 1.29 is 14.7 Å². The largest absolute Gasteiger partial charge is 0.480 e. The van der Waals surface area contributed by atoms with E-state index in [2.05, 4.69) is 10.3 Å². The fourth-order valence-corrected chi connectivity index (χ4v) is 3.33. The number of amides is 1. The lowest BCUT2D eigenvalue weighted by Crippen LogP contribution is -2.48. The van der Waals surface area contributed by atoms with Crippen LogP contribution in [0.15, 0.2) is 18.2 Å². The fraction of sp³-hybridized carbons (Fsp3) is 0.357. The van der Waals surface area contributed by atoms with Gasteiger partial charge in [-0.15, -0.1) is 0 Å². The maximum Gasteiger partial charge on any atom is 0.319 e. The van der Waals surface area contributed by atoms with Crippen molar-refractivity contribution in [3.63, 3.8) is 0 Å². The quantitative estimate of drug-likeness (QED) is 0.852. The Labute approximate surface area is 119 Å². The number of carbonyl (C=O) groups excluding carboxylic acids is 1. The molecule has 20 heavy (non-hydrogen) atoms. The average Bonchev–Trinajstić information content (AvgIpc) is 2.67. The number of aryl methyl sites for hydroxylation is 1. The van der Waals surface area contributed by atoms with Crippen molar-refractivity contribution in [2.24, 2.45) is 5.41 Å². The molecule has 1 saturated carbocycles. The number of nitrogens with zero attached hydrogens (tertiary/aromatic N) is 1. The smallest absolute Gasteiger partial charge is 0.319 e. The molecule has 0 unspecified atom stereocenters. The summed E-state index contributed by atoms with van der Waals surface area (Å²) < 4.78 is 0.985. The van der Waals surface area contributed by atoms with Gasteiger partial charge in [0.1, 0.15) is 5.41 Å². The van der Waals surface area contributed by atoms with Crippen LogP contribution in [-0.2, 0) is 9.59 Å². The molecule has 2 aromatic rings. The molecule has 6 heteroatoms. The van der Waals surface area contributed by atoms with Crippen LogP contribution >= 0.6 is 11.3 Å². The lowest BCUT2D eigenvalue weighted by molar-refractivity contribution is -0.159. The van der Waals surface area contributed by atoms with Gasteiger partial charge in [0.2, 0.25) is 5.91 Å². The van der Waals surface area contributed by atoms with E-state index in [0.717, 1.165) is 22.2 Å². The van der Waals surface area contributed by atoms with E-state index >= 15 is 0 Å². The van der Waals surface area contributed by atoms with Crippen molar-refractivity contribution in [2.45, 2.75) is 26.2 Å². The number of anilines is 1. The molecule has 1 fully saturated rings. The fourth-order valence-electron chi connectivity index (χ4n) is 2.37. The lowest BCUT2D eigenvalue weighted by atomic mass is 9.68. The highest BCUT2D eigenvalue weighted by Gasteiger charge is 2.51. The van der Waals surface area contributed by atoms with E-state index in [-0.39, 0.29) is 0 Å². The maximum absolute atomic E-state index is 12.2. The van der Waals surface area contributed by atoms with Crippen molar-refractivity contribution in [3.05, 3.63) is 23.8 Å². The van der Waals surface area contributed by atoms with Gasteiger partial charge in [0.15, 0.2) is 5.13 Å². The summed E-state index contributed by atoms with van der Waals surface area (Å²) in [4.78, 5) is 27.8. The van der Waals surface area contributed by atoms with Gasteiger partial charge in [-0.25, -0.2) is 4.98 Å². The van der Waals surface area contributed by atoms with E-state index in [9.17, 15) is 14.7 Å². The van der Waals surface area contributed by atoms with Crippen LogP contribution in [0, 0.1) is 12.3 Å². The number of hydrogen-bond acceptors (Lipinski definition) is 4. The first-order valence-electron chi connectivity index (χ1n) is 6.43. The van der Waals surface area contributed by atoms with Gasteiger partial charge in [0, 0.05) is 0 Å². The number of aromatic nitrogens is 1. The van der Waals surface area contributed by atoms with E-state index in [1.54, 1.807) is 0 Å². The minimum absolute atomic E-state index is 0.401. The zero-order valence-electron chi connectivity index (χ0n) is 11.0. The molecule has 1 aliphatic carbocycles. The summed E-state index contributed by atoms with van der Waals surface area (Å²) in [5.41, 5.74) is 0.683. The molecule has 1 amide bonds. The number of aliphatic carboxylic acids is 1. The van der Waals surface area contributed by atoms with Crippen molar-refractivity contribution in [1.29, 1.82) is 0 Å². The van der Waals surface area contributed by atoms with Gasteiger partial charge in [-0.3, -0.25) is 9.59 Å². The van der Waals surface area contributed by atoms with Crippen molar-refractivity contribution in [2.75, 3.05) is 5.32 Å². The first-order valence-corrected chi connectivity index (χ1v) is 7.25. The van der Waals surface area contributed by atoms with Gasteiger partial charge >= 0.3 is 5.97 Å². The highest BCUT2D eigenvalue weighted by Crippen LogP contribution is 2.42. The van der Waals surface area contributed by atoms with Gasteiger partial charge in [-0.1, -0.05) is 23.8 Å². The third-order valence-electron chi connectivity index (χ3n) is 3.82. The Hall–Kier alpha value is -1.95. The Morgan fingerprint density at radius 1 is 1.40 bits per heavy atom. The van der Waals surface area contributed by atoms with Crippen molar-refractivity contribution in [1.82, 2.24) is 4.98 Å². The minimum Gasteiger partial charge on any atom is -0.480 e. The molecule has 1 heterocycles. The molecule has 0 bridgehead atoms. The normalized spacial score (nSPS) is 16.6. The molecule has 2 N–H and O–H groups in total. The number of hydrogen-bond donors (Lipinski definition) is 2. The molecule has 1 aromatic carbocycles. The Bertz CT molecular complexity index is 704. The molecule has 0 saturated heterocycles. The SMILES string of the molecule is Cc1ccc2nc(NC(=O)C3(C(=O)O)CCC3)sc2c1. The minimum atomic E-state index is -1.26. The predicted molar refractivity (Wildman–Crippen MR) is 76.9 cm³/mol. The van der Waals surface area contributed by atoms with E-state index in [4.69, 9.17) is 0 Å². The summed E-state index contributed by atoms with van der Waals surface area (Å²) in [5.74, 6) is -1.50. The Morgan fingerprint density at radius 2 is 2.15 bits per heavy atom. The van der Waals surface area contributed by atoms with Gasteiger partial charge < -0.3 is 10.4 Å². The highest BCUT2D eigenvalue weighted by atomic mass is 32.1. The first kappa shape index (κ1) is 13.1. The number of benzene rings is 1. The molecular formula is C14H14N2O3S. The molecule has 0 radical (unpaired) electrons. The zero-order chi connectivity index (χ0) is 14.3. The number of thiazole rings is 1. The third kappa shape index (κ3) is 1.96. The first-order chi connectivity index (χ1) is 9.51. The predicted octanol–water partition coefficient (Wildman–Crippen LogP) is 2.80. The standard InChI is InChI=1S/C14H14N2O3S/c1-8-3-4-9-10(7-8)20-13(15-9)16-11(17)14(12(18)19)5-2-6-14/h3-4,7H,2,5-6H2,1H3,(H,18,19)(H,15,16,17). The van der Waals surface area contributed by atoms with Gasteiger partial charge in [0.05, 0.1) is 10.2 Å². The van der Waals surface area contributed by atoms with E-state index in [1.807, 2.05) is 25.1 Å². The second-order valence-corrected chi connectivity index (χ2v) is 6.22. The maximum atomic E-state index is 12.2. The molecule has 0 aliphatic heterocycles. The summed E-state index contributed by atoms with van der Waals surface area (Å²) in [6.07, 6.45) is 1.58. The summed E-state index contributed by atoms with van der Waals surface area (Å²) in [6.45, 7) is 1.99. The lowest BCUT2D eigenvalue weighted by Gasteiger charge is -2.35. The highest BCUT2D eigenvalue weighted by molar-refractivity contribution is 7.22. The molecular weight excluding hydrogens is 276 g/mol. The molecule has 1 aromatic heterocycles. The number of rotatable bonds is 3. The molecule has 1 aliphatic rings. The van der Waals surface area contributed by atoms with Gasteiger partial charge in [0.25, 0.3) is 0 Å². The van der Waals surface area contributed by atoms with Gasteiger partial charge in [-0.05, 0) is 37.5 Å². The molecule has 104 valence electrons. The summed E-state index contributed by atoms with van der Waals surface area (Å²) in [7, 11) is 0. The Morgan fingerprint density at radius 3 is 2.75 bits per heavy atom. The molecule has 3 rings (SSSR count). The van der Waals surface area contributed by atoms with Crippen LogP contribution in [0.4, 0.5) is 5.13 Å². The van der Waals surface area contributed by atoms with Crippen LogP contribution < -0.4 is 5.32 Å². The number of carbonyl (C=O) groups is 2. The van der Waals surface area contributed by atoms with E-state index in [1.165, 1.54) is 11.3 Å². The van der Waals surface area contributed by atoms with Crippen LogP contribution in [0.5, 0.6) is 0 Å². The zero-order valence-corrected chi connectivity index (χ0v) is 11.8. The van der Waals surface area contributed by atoms with E-state index in [0.29, 0.717) is 18.0 Å². The number of carboxylic acids is 1.